The first-order valence-corrected chi connectivity index (χ1v) is 4.50. The zero-order chi connectivity index (χ0) is 10.7. The van der Waals surface area contributed by atoms with Crippen LogP contribution in [0.15, 0.2) is 18.2 Å². The van der Waals surface area contributed by atoms with Crippen LogP contribution in [0.3, 0.4) is 0 Å². The van der Waals surface area contributed by atoms with Gasteiger partial charge in [0, 0.05) is 17.7 Å². The van der Waals surface area contributed by atoms with Gasteiger partial charge in [0.15, 0.2) is 0 Å². The number of nitro groups is 1. The van der Waals surface area contributed by atoms with E-state index in [0.717, 1.165) is 5.56 Å². The molecule has 0 aliphatic heterocycles. The van der Waals surface area contributed by atoms with Crippen molar-refractivity contribution in [1.82, 2.24) is 0 Å². The van der Waals surface area contributed by atoms with Gasteiger partial charge in [-0.15, -0.1) is 0 Å². The average molecular weight is 194 g/mol. The van der Waals surface area contributed by atoms with Gasteiger partial charge in [-0.1, -0.05) is 11.6 Å². The molecule has 2 N–H and O–H groups in total. The van der Waals surface area contributed by atoms with Crippen molar-refractivity contribution in [1.29, 1.82) is 0 Å². The van der Waals surface area contributed by atoms with E-state index in [2.05, 4.69) is 0 Å². The quantitative estimate of drug-likeness (QED) is 0.589. The molecule has 76 valence electrons. The van der Waals surface area contributed by atoms with Gasteiger partial charge in [0.1, 0.15) is 0 Å². The third-order valence-electron chi connectivity index (χ3n) is 1.97. The number of aryl methyl sites for hydroxylation is 1. The van der Waals surface area contributed by atoms with Crippen molar-refractivity contribution in [2.45, 2.75) is 26.3 Å². The van der Waals surface area contributed by atoms with Crippen LogP contribution in [-0.2, 0) is 6.42 Å². The van der Waals surface area contributed by atoms with Crippen LogP contribution >= 0.6 is 0 Å². The highest BCUT2D eigenvalue weighted by Crippen LogP contribution is 2.20. The summed E-state index contributed by atoms with van der Waals surface area (Å²) in [5.41, 5.74) is 7.51. The molecule has 0 unspecified atom stereocenters. The Bertz CT molecular complexity index is 348. The van der Waals surface area contributed by atoms with E-state index in [0.29, 0.717) is 12.0 Å². The van der Waals surface area contributed by atoms with E-state index >= 15 is 0 Å². The van der Waals surface area contributed by atoms with Gasteiger partial charge in [0.25, 0.3) is 5.69 Å². The van der Waals surface area contributed by atoms with Gasteiger partial charge in [0.05, 0.1) is 4.92 Å². The Balaban J connectivity index is 3.09. The summed E-state index contributed by atoms with van der Waals surface area (Å²) in [6.07, 6.45) is 0.540. The minimum absolute atomic E-state index is 0.0597. The van der Waals surface area contributed by atoms with E-state index in [1.54, 1.807) is 6.07 Å². The number of nitrogens with two attached hydrogens (primary N) is 1. The monoisotopic (exact) mass is 194 g/mol. The molecule has 0 heterocycles. The van der Waals surface area contributed by atoms with Crippen LogP contribution in [0.5, 0.6) is 0 Å². The van der Waals surface area contributed by atoms with Crippen molar-refractivity contribution in [3.05, 3.63) is 39.4 Å². The highest BCUT2D eigenvalue weighted by molar-refractivity contribution is 5.42. The summed E-state index contributed by atoms with van der Waals surface area (Å²) in [6, 6.07) is 5.03. The van der Waals surface area contributed by atoms with E-state index < -0.39 is 0 Å². The molecule has 0 aliphatic rings. The van der Waals surface area contributed by atoms with Crippen molar-refractivity contribution in [3.8, 4) is 0 Å². The summed E-state index contributed by atoms with van der Waals surface area (Å²) in [7, 11) is 0. The van der Waals surface area contributed by atoms with Gasteiger partial charge in [-0.25, -0.2) is 0 Å². The Kier molecular flexibility index (Phi) is 3.19. The van der Waals surface area contributed by atoms with E-state index in [-0.39, 0.29) is 16.7 Å². The van der Waals surface area contributed by atoms with Gasteiger partial charge in [0.2, 0.25) is 0 Å². The van der Waals surface area contributed by atoms with Gasteiger partial charge >= 0.3 is 0 Å². The third-order valence-corrected chi connectivity index (χ3v) is 1.97. The fourth-order valence-electron chi connectivity index (χ4n) is 1.40. The summed E-state index contributed by atoms with van der Waals surface area (Å²) in [4.78, 5) is 10.3. The highest BCUT2D eigenvalue weighted by Gasteiger charge is 2.13. The predicted octanol–water partition coefficient (Wildman–Crippen LogP) is 1.79. The molecule has 1 aromatic rings. The van der Waals surface area contributed by atoms with Crippen molar-refractivity contribution >= 4 is 5.69 Å². The number of nitrogens with zero attached hydrogens (tertiary/aromatic N) is 1. The smallest absolute Gasteiger partial charge is 0.272 e. The number of nitro benzene ring substituents is 1. The maximum atomic E-state index is 10.7. The SMILES string of the molecule is Cc1ccc([N+](=O)[O-])c(C[C@H](C)N)c1. The second kappa shape index (κ2) is 4.19. The minimum atomic E-state index is -0.364. The maximum absolute atomic E-state index is 10.7. The lowest BCUT2D eigenvalue weighted by Crippen LogP contribution is -2.18. The molecule has 0 saturated heterocycles. The van der Waals surface area contributed by atoms with Crippen LogP contribution in [0.25, 0.3) is 0 Å². The lowest BCUT2D eigenvalue weighted by Gasteiger charge is -2.06. The Morgan fingerprint density at radius 3 is 2.71 bits per heavy atom. The van der Waals surface area contributed by atoms with E-state index in [1.165, 1.54) is 6.07 Å². The topological polar surface area (TPSA) is 69.2 Å². The van der Waals surface area contributed by atoms with Crippen LogP contribution < -0.4 is 5.73 Å². The Morgan fingerprint density at radius 1 is 1.57 bits per heavy atom. The molecule has 0 saturated carbocycles. The summed E-state index contributed by atoms with van der Waals surface area (Å²) < 4.78 is 0. The number of rotatable bonds is 3. The van der Waals surface area contributed by atoms with Crippen LogP contribution in [0.2, 0.25) is 0 Å². The van der Waals surface area contributed by atoms with Crippen LogP contribution in [0.1, 0.15) is 18.1 Å². The lowest BCUT2D eigenvalue weighted by molar-refractivity contribution is -0.385. The molecule has 4 nitrogen and oxygen atoms in total. The Hall–Kier alpha value is -1.42. The van der Waals surface area contributed by atoms with Crippen LogP contribution in [0.4, 0.5) is 5.69 Å². The van der Waals surface area contributed by atoms with Crippen LogP contribution in [-0.4, -0.2) is 11.0 Å². The number of benzene rings is 1. The molecule has 14 heavy (non-hydrogen) atoms. The predicted molar refractivity (Wildman–Crippen MR) is 55.2 cm³/mol. The van der Waals surface area contributed by atoms with Gasteiger partial charge in [-0.2, -0.15) is 0 Å². The second-order valence-electron chi connectivity index (χ2n) is 3.57. The molecule has 1 aromatic carbocycles. The van der Waals surface area contributed by atoms with Gasteiger partial charge in [-0.3, -0.25) is 10.1 Å². The van der Waals surface area contributed by atoms with Crippen molar-refractivity contribution < 1.29 is 4.92 Å². The van der Waals surface area contributed by atoms with E-state index in [4.69, 9.17) is 5.73 Å². The lowest BCUT2D eigenvalue weighted by atomic mass is 10.0. The first kappa shape index (κ1) is 10.7. The summed E-state index contributed by atoms with van der Waals surface area (Å²) in [6.45, 7) is 3.75. The average Bonchev–Trinajstić information content (AvgIpc) is 2.01. The molecule has 4 heteroatoms. The first-order chi connectivity index (χ1) is 6.50. The minimum Gasteiger partial charge on any atom is -0.328 e. The molecule has 0 radical (unpaired) electrons. The molecule has 1 rings (SSSR count). The molecular formula is C10H14N2O2. The molecule has 1 atom stereocenters. The Labute approximate surface area is 82.9 Å². The molecule has 0 aliphatic carbocycles. The molecule has 0 amide bonds. The first-order valence-electron chi connectivity index (χ1n) is 4.50. The number of hydrogen-bond donors (Lipinski definition) is 1. The summed E-state index contributed by atoms with van der Waals surface area (Å²) >= 11 is 0. The fraction of sp³-hybridized carbons (Fsp3) is 0.400. The standard InChI is InChI=1S/C10H14N2O2/c1-7-3-4-10(12(13)14)9(5-7)6-8(2)11/h3-5,8H,6,11H2,1-2H3/t8-/m0/s1. The molecule has 0 fully saturated rings. The zero-order valence-electron chi connectivity index (χ0n) is 8.36. The van der Waals surface area contributed by atoms with Crippen LogP contribution in [0, 0.1) is 17.0 Å². The zero-order valence-corrected chi connectivity index (χ0v) is 8.36. The largest absolute Gasteiger partial charge is 0.328 e. The third kappa shape index (κ3) is 2.53. The Morgan fingerprint density at radius 2 is 2.21 bits per heavy atom. The normalized spacial score (nSPS) is 12.5. The fourth-order valence-corrected chi connectivity index (χ4v) is 1.40. The van der Waals surface area contributed by atoms with Gasteiger partial charge in [-0.05, 0) is 26.3 Å². The molecular weight excluding hydrogens is 180 g/mol. The second-order valence-corrected chi connectivity index (χ2v) is 3.57. The molecule has 0 aromatic heterocycles. The van der Waals surface area contributed by atoms with Crippen molar-refractivity contribution in [2.75, 3.05) is 0 Å². The summed E-state index contributed by atoms with van der Waals surface area (Å²) in [5, 5.41) is 10.7. The van der Waals surface area contributed by atoms with Crippen molar-refractivity contribution in [3.63, 3.8) is 0 Å². The number of hydrogen-bond acceptors (Lipinski definition) is 3. The highest BCUT2D eigenvalue weighted by atomic mass is 16.6. The van der Waals surface area contributed by atoms with Gasteiger partial charge < -0.3 is 5.73 Å². The van der Waals surface area contributed by atoms with E-state index in [1.807, 2.05) is 19.9 Å². The molecule has 0 spiro atoms. The van der Waals surface area contributed by atoms with E-state index in [9.17, 15) is 10.1 Å². The maximum Gasteiger partial charge on any atom is 0.272 e. The summed E-state index contributed by atoms with van der Waals surface area (Å²) in [5.74, 6) is 0. The van der Waals surface area contributed by atoms with Crippen molar-refractivity contribution in [2.24, 2.45) is 5.73 Å². The molecule has 0 bridgehead atoms.